The standard InChI is InChI=1S/C23H20N6O2S2/c24-12-18-17-5-1-2-6-19(17)33-22(18)26-20(30)14-32-23-28-27-21(15-7-9-25-10-8-15)29(23)13-16-4-3-11-31-16/h3-4,7-11H,1-2,5-6,13-14H2,(H,26,30). The minimum atomic E-state index is -0.173. The van der Waals surface area contributed by atoms with E-state index in [0.717, 1.165) is 42.6 Å². The molecule has 0 saturated carbocycles. The smallest absolute Gasteiger partial charge is 0.235 e. The highest BCUT2D eigenvalue weighted by atomic mass is 32.2. The van der Waals surface area contributed by atoms with Crippen LogP contribution in [-0.4, -0.2) is 31.4 Å². The molecule has 0 unspecified atom stereocenters. The Hall–Kier alpha value is -3.42. The van der Waals surface area contributed by atoms with Gasteiger partial charge < -0.3 is 9.73 Å². The molecule has 4 aromatic heterocycles. The summed E-state index contributed by atoms with van der Waals surface area (Å²) in [6, 6.07) is 9.74. The van der Waals surface area contributed by atoms with Gasteiger partial charge in [-0.25, -0.2) is 0 Å². The molecular formula is C23H20N6O2S2. The molecule has 0 aliphatic heterocycles. The highest BCUT2D eigenvalue weighted by molar-refractivity contribution is 7.99. The number of pyridine rings is 1. The van der Waals surface area contributed by atoms with Crippen LogP contribution in [0, 0.1) is 11.3 Å². The lowest BCUT2D eigenvalue weighted by atomic mass is 9.96. The van der Waals surface area contributed by atoms with E-state index >= 15 is 0 Å². The number of fused-ring (bicyclic) bond motifs is 1. The SMILES string of the molecule is N#Cc1c(NC(=O)CSc2nnc(-c3ccncc3)n2Cc2ccco2)sc2c1CCCC2. The summed E-state index contributed by atoms with van der Waals surface area (Å²) in [6.07, 6.45) is 9.14. The second-order valence-electron chi connectivity index (χ2n) is 7.57. The molecule has 0 fully saturated rings. The molecule has 4 heterocycles. The van der Waals surface area contributed by atoms with Gasteiger partial charge >= 0.3 is 0 Å². The Morgan fingerprint density at radius 3 is 2.88 bits per heavy atom. The van der Waals surface area contributed by atoms with Crippen molar-refractivity contribution >= 4 is 34.0 Å². The summed E-state index contributed by atoms with van der Waals surface area (Å²) < 4.78 is 7.44. The lowest BCUT2D eigenvalue weighted by Gasteiger charge is -2.09. The summed E-state index contributed by atoms with van der Waals surface area (Å²) in [4.78, 5) is 18.0. The number of rotatable bonds is 7. The largest absolute Gasteiger partial charge is 0.467 e. The van der Waals surface area contributed by atoms with Gasteiger partial charge in [0.15, 0.2) is 11.0 Å². The van der Waals surface area contributed by atoms with E-state index in [-0.39, 0.29) is 11.7 Å². The highest BCUT2D eigenvalue weighted by Crippen LogP contribution is 2.37. The minimum absolute atomic E-state index is 0.153. The average Bonchev–Trinajstić information content (AvgIpc) is 3.57. The van der Waals surface area contributed by atoms with Crippen molar-refractivity contribution in [3.05, 3.63) is 64.7 Å². The maximum atomic E-state index is 12.8. The number of nitrogens with one attached hydrogen (secondary N) is 1. The van der Waals surface area contributed by atoms with Crippen LogP contribution < -0.4 is 5.32 Å². The number of hydrogen-bond donors (Lipinski definition) is 1. The van der Waals surface area contributed by atoms with Crippen molar-refractivity contribution in [2.45, 2.75) is 37.4 Å². The molecule has 10 heteroatoms. The number of thiophene rings is 1. The fourth-order valence-electron chi connectivity index (χ4n) is 3.88. The number of carbonyl (C=O) groups is 1. The Morgan fingerprint density at radius 1 is 1.24 bits per heavy atom. The topological polar surface area (TPSA) is 110 Å². The molecule has 166 valence electrons. The third-order valence-electron chi connectivity index (χ3n) is 5.42. The van der Waals surface area contributed by atoms with Gasteiger partial charge in [-0.15, -0.1) is 21.5 Å². The normalized spacial score (nSPS) is 12.8. The van der Waals surface area contributed by atoms with Crippen LogP contribution in [0.25, 0.3) is 11.4 Å². The van der Waals surface area contributed by atoms with E-state index in [0.29, 0.717) is 28.1 Å². The number of amides is 1. The molecule has 1 amide bonds. The Kier molecular flexibility index (Phi) is 6.24. The first-order valence-electron chi connectivity index (χ1n) is 10.6. The molecule has 5 rings (SSSR count). The summed E-state index contributed by atoms with van der Waals surface area (Å²) in [5, 5.41) is 22.5. The summed E-state index contributed by atoms with van der Waals surface area (Å²) in [5.74, 6) is 1.42. The molecule has 1 aliphatic rings. The number of furan rings is 1. The second-order valence-corrected chi connectivity index (χ2v) is 9.62. The van der Waals surface area contributed by atoms with E-state index in [1.165, 1.54) is 28.0 Å². The Balaban J connectivity index is 1.33. The van der Waals surface area contributed by atoms with Crippen molar-refractivity contribution in [3.8, 4) is 17.5 Å². The Morgan fingerprint density at radius 2 is 2.09 bits per heavy atom. The molecule has 0 aromatic carbocycles. The summed E-state index contributed by atoms with van der Waals surface area (Å²) in [7, 11) is 0. The van der Waals surface area contributed by atoms with E-state index in [2.05, 4.69) is 26.6 Å². The van der Waals surface area contributed by atoms with Crippen LogP contribution in [0.15, 0.2) is 52.5 Å². The predicted molar refractivity (Wildman–Crippen MR) is 126 cm³/mol. The fourth-order valence-corrected chi connectivity index (χ4v) is 5.87. The number of aryl methyl sites for hydroxylation is 1. The second kappa shape index (κ2) is 9.60. The van der Waals surface area contributed by atoms with E-state index in [1.54, 1.807) is 18.7 Å². The van der Waals surface area contributed by atoms with Crippen LogP contribution in [0.2, 0.25) is 0 Å². The fraction of sp³-hybridized carbons (Fsp3) is 0.261. The molecule has 0 radical (unpaired) electrons. The number of nitriles is 1. The maximum Gasteiger partial charge on any atom is 0.235 e. The number of aromatic nitrogens is 4. The maximum absolute atomic E-state index is 12.8. The third kappa shape index (κ3) is 4.55. The first-order valence-corrected chi connectivity index (χ1v) is 12.4. The molecule has 0 saturated heterocycles. The van der Waals surface area contributed by atoms with Crippen molar-refractivity contribution < 1.29 is 9.21 Å². The molecule has 0 spiro atoms. The molecular weight excluding hydrogens is 456 g/mol. The molecule has 8 nitrogen and oxygen atoms in total. The molecule has 4 aromatic rings. The summed E-state index contributed by atoms with van der Waals surface area (Å²) >= 11 is 2.83. The van der Waals surface area contributed by atoms with Crippen LogP contribution in [0.5, 0.6) is 0 Å². The van der Waals surface area contributed by atoms with Crippen molar-refractivity contribution in [2.75, 3.05) is 11.1 Å². The van der Waals surface area contributed by atoms with Crippen LogP contribution >= 0.6 is 23.1 Å². The van der Waals surface area contributed by atoms with Crippen molar-refractivity contribution in [1.82, 2.24) is 19.7 Å². The van der Waals surface area contributed by atoms with Crippen LogP contribution in [0.4, 0.5) is 5.00 Å². The Bertz CT molecular complexity index is 1300. The summed E-state index contributed by atoms with van der Waals surface area (Å²) in [6.45, 7) is 0.442. The monoisotopic (exact) mass is 476 g/mol. The molecule has 1 aliphatic carbocycles. The zero-order valence-corrected chi connectivity index (χ0v) is 19.3. The first kappa shape index (κ1) is 21.4. The van der Waals surface area contributed by atoms with Gasteiger partial charge in [0.1, 0.15) is 16.8 Å². The van der Waals surface area contributed by atoms with Crippen molar-refractivity contribution in [2.24, 2.45) is 0 Å². The van der Waals surface area contributed by atoms with Gasteiger partial charge in [-0.1, -0.05) is 11.8 Å². The third-order valence-corrected chi connectivity index (χ3v) is 7.59. The molecule has 33 heavy (non-hydrogen) atoms. The van der Waals surface area contributed by atoms with E-state index in [1.807, 2.05) is 28.8 Å². The number of carbonyl (C=O) groups excluding carboxylic acids is 1. The first-order chi connectivity index (χ1) is 16.2. The molecule has 0 bridgehead atoms. The zero-order valence-electron chi connectivity index (χ0n) is 17.7. The van der Waals surface area contributed by atoms with Gasteiger partial charge in [0.2, 0.25) is 5.91 Å². The van der Waals surface area contributed by atoms with E-state index < -0.39 is 0 Å². The Labute approximate surface area is 198 Å². The lowest BCUT2D eigenvalue weighted by Crippen LogP contribution is -2.15. The highest BCUT2D eigenvalue weighted by Gasteiger charge is 2.22. The van der Waals surface area contributed by atoms with Crippen LogP contribution in [0.3, 0.4) is 0 Å². The predicted octanol–water partition coefficient (Wildman–Crippen LogP) is 4.52. The van der Waals surface area contributed by atoms with Crippen LogP contribution in [0.1, 0.15) is 34.6 Å². The van der Waals surface area contributed by atoms with Crippen molar-refractivity contribution in [3.63, 3.8) is 0 Å². The van der Waals surface area contributed by atoms with Gasteiger partial charge in [0, 0.05) is 22.8 Å². The van der Waals surface area contributed by atoms with Gasteiger partial charge in [-0.3, -0.25) is 14.3 Å². The number of thioether (sulfide) groups is 1. The number of hydrogen-bond acceptors (Lipinski definition) is 8. The number of nitrogens with zero attached hydrogens (tertiary/aromatic N) is 5. The van der Waals surface area contributed by atoms with E-state index in [9.17, 15) is 10.1 Å². The number of anilines is 1. The average molecular weight is 477 g/mol. The van der Waals surface area contributed by atoms with Gasteiger partial charge in [-0.2, -0.15) is 5.26 Å². The lowest BCUT2D eigenvalue weighted by molar-refractivity contribution is -0.113. The van der Waals surface area contributed by atoms with Crippen LogP contribution in [-0.2, 0) is 24.2 Å². The zero-order chi connectivity index (χ0) is 22.6. The molecule has 0 atom stereocenters. The van der Waals surface area contributed by atoms with E-state index in [4.69, 9.17) is 4.42 Å². The molecule has 1 N–H and O–H groups in total. The quantitative estimate of drug-likeness (QED) is 0.390. The van der Waals surface area contributed by atoms with Gasteiger partial charge in [0.25, 0.3) is 0 Å². The summed E-state index contributed by atoms with van der Waals surface area (Å²) in [5.41, 5.74) is 2.61. The van der Waals surface area contributed by atoms with Crippen molar-refractivity contribution in [1.29, 1.82) is 5.26 Å². The minimum Gasteiger partial charge on any atom is -0.467 e. The van der Waals surface area contributed by atoms with Gasteiger partial charge in [0.05, 0.1) is 24.1 Å². The van der Waals surface area contributed by atoms with Gasteiger partial charge in [-0.05, 0) is 55.5 Å².